The molecule has 0 aliphatic heterocycles. The monoisotopic (exact) mass is 519 g/mol. The Bertz CT molecular complexity index is 1610. The molecule has 2 aromatic carbocycles. The third-order valence-electron chi connectivity index (χ3n) is 5.40. The molecule has 10 heteroatoms. The second-order valence-electron chi connectivity index (χ2n) is 8.18. The van der Waals surface area contributed by atoms with E-state index >= 15 is 0 Å². The van der Waals surface area contributed by atoms with Crippen molar-refractivity contribution < 1.29 is 22.7 Å². The van der Waals surface area contributed by atoms with E-state index in [1.54, 1.807) is 24.3 Å². The summed E-state index contributed by atoms with van der Waals surface area (Å²) in [5, 5.41) is 0. The van der Waals surface area contributed by atoms with Crippen molar-refractivity contribution in [2.45, 2.75) is 25.7 Å². The Labute approximate surface area is 214 Å². The predicted molar refractivity (Wildman–Crippen MR) is 139 cm³/mol. The number of rotatable bonds is 8. The van der Waals surface area contributed by atoms with Gasteiger partial charge in [-0.3, -0.25) is 9.59 Å². The van der Waals surface area contributed by atoms with Crippen LogP contribution in [-0.2, 0) is 10.0 Å². The summed E-state index contributed by atoms with van der Waals surface area (Å²) >= 11 is 0. The number of ether oxygens (including phenoxy) is 2. The van der Waals surface area contributed by atoms with Crippen molar-refractivity contribution in [1.29, 1.82) is 0 Å². The number of H-pyrrole nitrogens is 1. The van der Waals surface area contributed by atoms with Gasteiger partial charge >= 0.3 is 0 Å². The zero-order valence-electron chi connectivity index (χ0n) is 20.4. The minimum Gasteiger partial charge on any atom is -0.494 e. The molecule has 4 aromatic rings. The number of hydrogen-bond acceptors (Lipinski definition) is 7. The Morgan fingerprint density at radius 1 is 1.03 bits per heavy atom. The van der Waals surface area contributed by atoms with Gasteiger partial charge in [0.15, 0.2) is 4.90 Å². The van der Waals surface area contributed by atoms with E-state index in [0.29, 0.717) is 23.8 Å². The van der Waals surface area contributed by atoms with E-state index < -0.39 is 26.4 Å². The molecular formula is C27H25N3O6S. The van der Waals surface area contributed by atoms with Crippen LogP contribution < -0.4 is 19.8 Å². The van der Waals surface area contributed by atoms with Crippen molar-refractivity contribution in [1.82, 2.24) is 14.7 Å². The van der Waals surface area contributed by atoms with Crippen LogP contribution in [0.1, 0.15) is 28.4 Å². The third kappa shape index (κ3) is 5.87. The van der Waals surface area contributed by atoms with Crippen LogP contribution in [0.2, 0.25) is 0 Å². The minimum atomic E-state index is -4.45. The third-order valence-corrected chi connectivity index (χ3v) is 6.76. The molecular weight excluding hydrogens is 494 g/mol. The number of pyridine rings is 2. The van der Waals surface area contributed by atoms with Gasteiger partial charge in [0, 0.05) is 11.8 Å². The fraction of sp³-hybridized carbons (Fsp3) is 0.148. The second-order valence-corrected chi connectivity index (χ2v) is 9.83. The van der Waals surface area contributed by atoms with Crippen LogP contribution in [0.25, 0.3) is 11.3 Å². The fourth-order valence-electron chi connectivity index (χ4n) is 3.61. The van der Waals surface area contributed by atoms with Crippen molar-refractivity contribution in [2.24, 2.45) is 0 Å². The summed E-state index contributed by atoms with van der Waals surface area (Å²) in [5.41, 5.74) is 2.11. The molecule has 0 aliphatic rings. The highest BCUT2D eigenvalue weighted by atomic mass is 32.2. The lowest BCUT2D eigenvalue weighted by molar-refractivity contribution is 0.0978. The Balaban J connectivity index is 1.74. The molecule has 0 radical (unpaired) electrons. The quantitative estimate of drug-likeness (QED) is 0.354. The van der Waals surface area contributed by atoms with Crippen LogP contribution in [0.3, 0.4) is 0 Å². The molecule has 190 valence electrons. The number of sulfonamides is 1. The number of aromatic amines is 1. The van der Waals surface area contributed by atoms with E-state index in [-0.39, 0.29) is 11.4 Å². The number of nitrogens with one attached hydrogen (secondary N) is 2. The van der Waals surface area contributed by atoms with Crippen LogP contribution in [0, 0.1) is 13.8 Å². The largest absolute Gasteiger partial charge is 0.494 e. The zero-order valence-corrected chi connectivity index (χ0v) is 21.3. The molecule has 2 aromatic heterocycles. The van der Waals surface area contributed by atoms with Gasteiger partial charge in [-0.15, -0.1) is 0 Å². The zero-order chi connectivity index (χ0) is 26.6. The van der Waals surface area contributed by atoms with Crippen molar-refractivity contribution in [3.63, 3.8) is 0 Å². The maximum absolute atomic E-state index is 13.1. The number of amides is 1. The van der Waals surface area contributed by atoms with Crippen molar-refractivity contribution in [3.8, 4) is 28.6 Å². The summed E-state index contributed by atoms with van der Waals surface area (Å²) in [6, 6.07) is 18.2. The Kier molecular flexibility index (Phi) is 7.40. The maximum Gasteiger partial charge on any atom is 0.270 e. The highest BCUT2D eigenvalue weighted by Crippen LogP contribution is 2.30. The highest BCUT2D eigenvalue weighted by Gasteiger charge is 2.25. The van der Waals surface area contributed by atoms with Gasteiger partial charge in [-0.1, -0.05) is 17.7 Å². The van der Waals surface area contributed by atoms with Gasteiger partial charge in [0.2, 0.25) is 5.88 Å². The minimum absolute atomic E-state index is 0.0898. The molecule has 0 fully saturated rings. The van der Waals surface area contributed by atoms with Gasteiger partial charge in [0.05, 0.1) is 12.3 Å². The van der Waals surface area contributed by atoms with Crippen molar-refractivity contribution in [3.05, 3.63) is 100.0 Å². The predicted octanol–water partition coefficient (Wildman–Crippen LogP) is 4.36. The average Bonchev–Trinajstić information content (AvgIpc) is 2.86. The SMILES string of the molecule is CCOc1ccc(-c2ccc(C(=O)NS(=O)(=O)c3ccc[nH]c3=O)c(Oc3ccc(C)cc3C)n2)cc1. The Morgan fingerprint density at radius 3 is 2.46 bits per heavy atom. The molecule has 37 heavy (non-hydrogen) atoms. The van der Waals surface area contributed by atoms with Crippen LogP contribution in [-0.4, -0.2) is 30.9 Å². The number of carbonyl (C=O) groups excluding carboxylic acids is 1. The smallest absolute Gasteiger partial charge is 0.270 e. The molecule has 0 unspecified atom stereocenters. The first kappa shape index (κ1) is 25.6. The van der Waals surface area contributed by atoms with E-state index in [1.165, 1.54) is 18.3 Å². The van der Waals surface area contributed by atoms with Crippen LogP contribution >= 0.6 is 0 Å². The first-order chi connectivity index (χ1) is 17.7. The molecule has 0 saturated carbocycles. The number of aryl methyl sites for hydroxylation is 2. The molecule has 0 spiro atoms. The summed E-state index contributed by atoms with van der Waals surface area (Å²) in [4.78, 5) is 31.3. The van der Waals surface area contributed by atoms with Crippen LogP contribution in [0.4, 0.5) is 0 Å². The maximum atomic E-state index is 13.1. The summed E-state index contributed by atoms with van der Waals surface area (Å²) in [5.74, 6) is 0.0789. The van der Waals surface area contributed by atoms with Crippen LogP contribution in [0.5, 0.6) is 17.4 Å². The summed E-state index contributed by atoms with van der Waals surface area (Å²) in [7, 11) is -4.45. The molecule has 0 saturated heterocycles. The van der Waals surface area contributed by atoms with E-state index in [4.69, 9.17) is 9.47 Å². The Hall–Kier alpha value is -4.44. The standard InChI is InChI=1S/C27H25N3O6S/c1-4-35-20-10-8-19(9-11-20)22-13-12-21(27(29-22)36-23-14-7-17(2)16-18(23)3)25(31)30-37(33,34)24-6-5-15-28-26(24)32/h5-16H,4H2,1-3H3,(H,28,32)(H,30,31). The van der Waals surface area contributed by atoms with Gasteiger partial charge < -0.3 is 14.5 Å². The number of benzene rings is 2. The van der Waals surface area contributed by atoms with Crippen molar-refractivity contribution in [2.75, 3.05) is 6.61 Å². The Morgan fingerprint density at radius 2 is 1.78 bits per heavy atom. The van der Waals surface area contributed by atoms with E-state index in [0.717, 1.165) is 22.8 Å². The number of aromatic nitrogens is 2. The molecule has 1 amide bonds. The highest BCUT2D eigenvalue weighted by molar-refractivity contribution is 7.90. The van der Waals surface area contributed by atoms with E-state index in [2.05, 4.69) is 9.97 Å². The average molecular weight is 520 g/mol. The summed E-state index contributed by atoms with van der Waals surface area (Å²) in [6.07, 6.45) is 1.29. The number of nitrogens with zero attached hydrogens (tertiary/aromatic N) is 1. The first-order valence-corrected chi connectivity index (χ1v) is 12.9. The van der Waals surface area contributed by atoms with Gasteiger partial charge in [-0.05, 0) is 80.9 Å². The lowest BCUT2D eigenvalue weighted by Gasteiger charge is -2.14. The molecule has 4 rings (SSSR count). The van der Waals surface area contributed by atoms with Crippen LogP contribution in [0.15, 0.2) is 82.6 Å². The summed E-state index contributed by atoms with van der Waals surface area (Å²) in [6.45, 7) is 6.22. The van der Waals surface area contributed by atoms with Gasteiger partial charge in [0.1, 0.15) is 17.1 Å². The normalized spacial score (nSPS) is 11.1. The number of hydrogen-bond donors (Lipinski definition) is 2. The summed E-state index contributed by atoms with van der Waals surface area (Å²) < 4.78 is 38.9. The molecule has 0 aliphatic carbocycles. The molecule has 2 heterocycles. The number of carbonyl (C=O) groups is 1. The van der Waals surface area contributed by atoms with E-state index in [1.807, 2.05) is 49.8 Å². The molecule has 0 bridgehead atoms. The molecule has 0 atom stereocenters. The lowest BCUT2D eigenvalue weighted by atomic mass is 10.1. The molecule has 2 N–H and O–H groups in total. The van der Waals surface area contributed by atoms with Gasteiger partial charge in [-0.2, -0.15) is 0 Å². The fourth-order valence-corrected chi connectivity index (χ4v) is 4.63. The lowest BCUT2D eigenvalue weighted by Crippen LogP contribution is -2.34. The second kappa shape index (κ2) is 10.7. The van der Waals surface area contributed by atoms with Gasteiger partial charge in [-0.25, -0.2) is 18.1 Å². The first-order valence-electron chi connectivity index (χ1n) is 11.4. The van der Waals surface area contributed by atoms with E-state index in [9.17, 15) is 18.0 Å². The topological polar surface area (TPSA) is 127 Å². The van der Waals surface area contributed by atoms with Crippen molar-refractivity contribution >= 4 is 15.9 Å². The molecule has 9 nitrogen and oxygen atoms in total. The van der Waals surface area contributed by atoms with Gasteiger partial charge in [0.25, 0.3) is 21.5 Å².